The maximum atomic E-state index is 12.2. The third-order valence-corrected chi connectivity index (χ3v) is 4.25. The van der Waals surface area contributed by atoms with Crippen molar-refractivity contribution in [3.05, 3.63) is 64.2 Å². The van der Waals surface area contributed by atoms with Crippen molar-refractivity contribution >= 4 is 17.3 Å². The van der Waals surface area contributed by atoms with Crippen molar-refractivity contribution in [1.29, 1.82) is 0 Å². The third kappa shape index (κ3) is 5.31. The molecule has 6 heteroatoms. The number of rotatable bonds is 9. The van der Waals surface area contributed by atoms with Gasteiger partial charge >= 0.3 is 5.69 Å². The summed E-state index contributed by atoms with van der Waals surface area (Å²) in [6, 6.07) is 14.0. The highest BCUT2D eigenvalue weighted by molar-refractivity contribution is 5.91. The van der Waals surface area contributed by atoms with Gasteiger partial charge in [-0.25, -0.2) is 0 Å². The Balaban J connectivity index is 1.84. The number of nitro groups is 1. The number of hydrogen-bond donors (Lipinski definition) is 1. The zero-order valence-electron chi connectivity index (χ0n) is 15.1. The van der Waals surface area contributed by atoms with Gasteiger partial charge in [0.25, 0.3) is 0 Å². The molecule has 0 aliphatic rings. The van der Waals surface area contributed by atoms with Gasteiger partial charge in [0.15, 0.2) is 5.75 Å². The monoisotopic (exact) mass is 356 g/mol. The van der Waals surface area contributed by atoms with E-state index in [0.29, 0.717) is 12.3 Å². The Morgan fingerprint density at radius 3 is 2.62 bits per heavy atom. The van der Waals surface area contributed by atoms with Gasteiger partial charge in [-0.1, -0.05) is 44.2 Å². The molecular formula is C20H24N2O4. The molecule has 0 radical (unpaired) electrons. The molecule has 0 spiro atoms. The van der Waals surface area contributed by atoms with Crippen molar-refractivity contribution in [3.63, 3.8) is 0 Å². The summed E-state index contributed by atoms with van der Waals surface area (Å²) in [5.74, 6) is 0.500. The zero-order valence-corrected chi connectivity index (χ0v) is 15.1. The summed E-state index contributed by atoms with van der Waals surface area (Å²) in [5.41, 5.74) is 1.89. The van der Waals surface area contributed by atoms with E-state index in [2.05, 4.69) is 19.2 Å². The summed E-state index contributed by atoms with van der Waals surface area (Å²) < 4.78 is 5.46. The topological polar surface area (TPSA) is 81.5 Å². The normalized spacial score (nSPS) is 11.6. The average Bonchev–Trinajstić information content (AvgIpc) is 2.65. The van der Waals surface area contributed by atoms with Crippen molar-refractivity contribution in [3.8, 4) is 5.75 Å². The fourth-order valence-electron chi connectivity index (χ4n) is 2.62. The van der Waals surface area contributed by atoms with Gasteiger partial charge in [0.2, 0.25) is 5.91 Å². The van der Waals surface area contributed by atoms with Gasteiger partial charge < -0.3 is 10.1 Å². The molecule has 0 aliphatic heterocycles. The Morgan fingerprint density at radius 1 is 1.19 bits per heavy atom. The Bertz CT molecular complexity index is 761. The van der Waals surface area contributed by atoms with E-state index >= 15 is 0 Å². The molecule has 0 heterocycles. The van der Waals surface area contributed by atoms with Gasteiger partial charge in [-0.2, -0.15) is 0 Å². The maximum Gasteiger partial charge on any atom is 0.310 e. The minimum Gasteiger partial charge on any atom is -0.487 e. The molecule has 6 nitrogen and oxygen atoms in total. The van der Waals surface area contributed by atoms with Crippen LogP contribution in [-0.2, 0) is 4.79 Å². The number of anilines is 1. The van der Waals surface area contributed by atoms with Crippen LogP contribution in [-0.4, -0.2) is 17.4 Å². The van der Waals surface area contributed by atoms with Crippen LogP contribution in [0.25, 0.3) is 0 Å². The van der Waals surface area contributed by atoms with Crippen LogP contribution >= 0.6 is 0 Å². The lowest BCUT2D eigenvalue weighted by molar-refractivity contribution is -0.385. The molecule has 2 aromatic rings. The Kier molecular flexibility index (Phi) is 7.14. The first-order chi connectivity index (χ1) is 12.5. The Labute approximate surface area is 153 Å². The summed E-state index contributed by atoms with van der Waals surface area (Å²) in [7, 11) is 0. The van der Waals surface area contributed by atoms with Gasteiger partial charge in [-0.3, -0.25) is 14.9 Å². The van der Waals surface area contributed by atoms with Crippen LogP contribution < -0.4 is 10.1 Å². The van der Waals surface area contributed by atoms with Crippen molar-refractivity contribution < 1.29 is 14.5 Å². The zero-order chi connectivity index (χ0) is 18.9. The highest BCUT2D eigenvalue weighted by Crippen LogP contribution is 2.27. The number of nitrogens with zero attached hydrogens (tertiary/aromatic N) is 1. The van der Waals surface area contributed by atoms with Crippen LogP contribution in [0, 0.1) is 10.1 Å². The first-order valence-electron chi connectivity index (χ1n) is 8.78. The molecule has 0 saturated heterocycles. The molecule has 0 bridgehead atoms. The second-order valence-electron chi connectivity index (χ2n) is 6.12. The van der Waals surface area contributed by atoms with Crippen LogP contribution in [0.15, 0.2) is 48.5 Å². The molecule has 1 N–H and O–H groups in total. The summed E-state index contributed by atoms with van der Waals surface area (Å²) in [4.78, 5) is 22.6. The summed E-state index contributed by atoms with van der Waals surface area (Å²) in [6.07, 6.45) is 1.76. The van der Waals surface area contributed by atoms with E-state index in [4.69, 9.17) is 4.74 Å². The summed E-state index contributed by atoms with van der Waals surface area (Å²) in [6.45, 7) is 4.49. The number of hydrogen-bond acceptors (Lipinski definition) is 4. The van der Waals surface area contributed by atoms with Crippen LogP contribution in [0.1, 0.15) is 44.6 Å². The van der Waals surface area contributed by atoms with Gasteiger partial charge in [0.1, 0.15) is 0 Å². The highest BCUT2D eigenvalue weighted by Gasteiger charge is 2.14. The molecule has 26 heavy (non-hydrogen) atoms. The molecule has 1 amide bonds. The van der Waals surface area contributed by atoms with E-state index in [-0.39, 0.29) is 30.4 Å². The van der Waals surface area contributed by atoms with Crippen LogP contribution in [0.3, 0.4) is 0 Å². The number of nitrogens with one attached hydrogen (secondary N) is 1. The second-order valence-corrected chi connectivity index (χ2v) is 6.12. The van der Waals surface area contributed by atoms with E-state index in [1.807, 2.05) is 24.3 Å². The van der Waals surface area contributed by atoms with E-state index in [1.54, 1.807) is 18.2 Å². The predicted octanol–water partition coefficient (Wildman–Crippen LogP) is 4.91. The number of carbonyl (C=O) groups excluding carboxylic acids is 1. The number of para-hydroxylation sites is 3. The maximum absolute atomic E-state index is 12.2. The molecule has 2 aromatic carbocycles. The number of ether oxygens (including phenoxy) is 1. The smallest absolute Gasteiger partial charge is 0.310 e. The number of amides is 1. The molecular weight excluding hydrogens is 332 g/mol. The largest absolute Gasteiger partial charge is 0.487 e. The Morgan fingerprint density at radius 2 is 1.88 bits per heavy atom. The van der Waals surface area contributed by atoms with Crippen molar-refractivity contribution in [2.45, 2.75) is 39.0 Å². The third-order valence-electron chi connectivity index (χ3n) is 4.25. The molecule has 0 aliphatic carbocycles. The lowest BCUT2D eigenvalue weighted by Gasteiger charge is -2.15. The predicted molar refractivity (Wildman–Crippen MR) is 102 cm³/mol. The van der Waals surface area contributed by atoms with Crippen LogP contribution in [0.2, 0.25) is 0 Å². The molecule has 0 fully saturated rings. The minimum absolute atomic E-state index is 0.0700. The van der Waals surface area contributed by atoms with E-state index in [1.165, 1.54) is 6.07 Å². The lowest BCUT2D eigenvalue weighted by Crippen LogP contribution is -2.14. The van der Waals surface area contributed by atoms with E-state index in [9.17, 15) is 14.9 Å². The van der Waals surface area contributed by atoms with Crippen LogP contribution in [0.4, 0.5) is 11.4 Å². The van der Waals surface area contributed by atoms with Crippen molar-refractivity contribution in [2.75, 3.05) is 11.9 Å². The van der Waals surface area contributed by atoms with Crippen molar-refractivity contribution in [1.82, 2.24) is 0 Å². The van der Waals surface area contributed by atoms with Gasteiger partial charge in [-0.15, -0.1) is 0 Å². The minimum atomic E-state index is -0.478. The number of carbonyl (C=O) groups is 1. The fraction of sp³-hybridized carbons (Fsp3) is 0.350. The molecule has 0 aromatic heterocycles. The first kappa shape index (κ1) is 19.4. The van der Waals surface area contributed by atoms with Gasteiger partial charge in [-0.05, 0) is 36.5 Å². The van der Waals surface area contributed by atoms with Gasteiger partial charge in [0, 0.05) is 18.2 Å². The average molecular weight is 356 g/mol. The quantitative estimate of drug-likeness (QED) is 0.393. The molecule has 1 unspecified atom stereocenters. The number of nitro benzene ring substituents is 1. The van der Waals surface area contributed by atoms with Crippen LogP contribution in [0.5, 0.6) is 5.75 Å². The molecule has 0 saturated carbocycles. The molecule has 2 rings (SSSR count). The number of benzene rings is 2. The first-order valence-corrected chi connectivity index (χ1v) is 8.78. The molecule has 138 valence electrons. The van der Waals surface area contributed by atoms with Gasteiger partial charge in [0.05, 0.1) is 11.5 Å². The lowest BCUT2D eigenvalue weighted by atomic mass is 9.97. The second kappa shape index (κ2) is 9.56. The molecule has 1 atom stereocenters. The van der Waals surface area contributed by atoms with E-state index < -0.39 is 4.92 Å². The summed E-state index contributed by atoms with van der Waals surface area (Å²) >= 11 is 0. The highest BCUT2D eigenvalue weighted by atomic mass is 16.6. The summed E-state index contributed by atoms with van der Waals surface area (Å²) in [5, 5.41) is 13.9. The Hall–Kier alpha value is -2.89. The standard InChI is InChI=1S/C20H24N2O4/c1-3-15(2)16-9-4-5-10-17(16)21-20(23)13-8-14-26-19-12-7-6-11-18(19)22(24)25/h4-7,9-12,15H,3,8,13-14H2,1-2H3,(H,21,23). The SMILES string of the molecule is CCC(C)c1ccccc1NC(=O)CCCOc1ccccc1[N+](=O)[O-]. The van der Waals surface area contributed by atoms with Crippen molar-refractivity contribution in [2.24, 2.45) is 0 Å². The van der Waals surface area contributed by atoms with E-state index in [0.717, 1.165) is 17.7 Å². The fourth-order valence-corrected chi connectivity index (χ4v) is 2.62.